The first-order valence-corrected chi connectivity index (χ1v) is 13.8. The van der Waals surface area contributed by atoms with Crippen LogP contribution in [-0.4, -0.2) is 90.9 Å². The smallest absolute Gasteiger partial charge is 0.323 e. The van der Waals surface area contributed by atoms with E-state index in [2.05, 4.69) is 43.1 Å². The quantitative estimate of drug-likeness (QED) is 0.560. The van der Waals surface area contributed by atoms with Gasteiger partial charge in [-0.05, 0) is 63.8 Å². The van der Waals surface area contributed by atoms with Gasteiger partial charge in [0.25, 0.3) is 0 Å². The Bertz CT molecular complexity index is 1080. The summed E-state index contributed by atoms with van der Waals surface area (Å²) in [5.74, 6) is -0.560. The molecule has 0 aromatic heterocycles. The first-order chi connectivity index (χ1) is 15.9. The number of likely N-dealkylation sites (N-methyl/N-ethyl adjacent to an activating group) is 2. The molecule has 1 N–H and O–H groups in total. The number of aliphatic carboxylic acids is 1. The lowest BCUT2D eigenvalue weighted by atomic mass is 10.0. The number of nitrogens with zero attached hydrogens (tertiary/aromatic N) is 3. The molecule has 1 aliphatic heterocycles. The number of carboxylic acid groups (broad SMARTS) is 1. The van der Waals surface area contributed by atoms with Crippen molar-refractivity contribution in [2.24, 2.45) is 0 Å². The van der Waals surface area contributed by atoms with Gasteiger partial charge in [-0.25, -0.2) is 8.42 Å². The number of thioether (sulfide) groups is 1. The number of benzene rings is 2. The Labute approximate surface area is 207 Å². The number of hydrogen-bond donors (Lipinski definition) is 1. The van der Waals surface area contributed by atoms with Gasteiger partial charge < -0.3 is 14.9 Å². The monoisotopic (exact) mass is 505 g/mol. The fraction of sp³-hybridized carbons (Fsp3) is 0.480. The van der Waals surface area contributed by atoms with Crippen LogP contribution in [0.2, 0.25) is 0 Å². The predicted octanol–water partition coefficient (Wildman–Crippen LogP) is 3.32. The summed E-state index contributed by atoms with van der Waals surface area (Å²) in [5, 5.41) is 9.75. The van der Waals surface area contributed by atoms with Gasteiger partial charge in [-0.1, -0.05) is 36.4 Å². The molecule has 1 aliphatic rings. The molecule has 7 nitrogen and oxygen atoms in total. The largest absolute Gasteiger partial charge is 0.480 e. The number of carbonyl (C=O) groups is 1. The Morgan fingerprint density at radius 2 is 1.59 bits per heavy atom. The molecule has 1 fully saturated rings. The van der Waals surface area contributed by atoms with Crippen molar-refractivity contribution < 1.29 is 18.3 Å². The second-order valence-electron chi connectivity index (χ2n) is 9.57. The van der Waals surface area contributed by atoms with Gasteiger partial charge in [0.05, 0.1) is 4.90 Å². The molecular formula is C25H35N3O4S2. The fourth-order valence-electron chi connectivity index (χ4n) is 4.15. The average molecular weight is 506 g/mol. The van der Waals surface area contributed by atoms with E-state index >= 15 is 0 Å². The molecule has 34 heavy (non-hydrogen) atoms. The van der Waals surface area contributed by atoms with E-state index in [1.165, 1.54) is 17.3 Å². The zero-order chi connectivity index (χ0) is 25.1. The van der Waals surface area contributed by atoms with Crippen LogP contribution in [0.4, 0.5) is 0 Å². The van der Waals surface area contributed by atoms with E-state index in [0.717, 1.165) is 35.1 Å². The molecule has 0 spiro atoms. The first kappa shape index (κ1) is 26.7. The van der Waals surface area contributed by atoms with E-state index < -0.39 is 26.8 Å². The third-order valence-electron chi connectivity index (χ3n) is 6.10. The summed E-state index contributed by atoms with van der Waals surface area (Å²) in [6.45, 7) is 6.60. The molecule has 1 heterocycles. The summed E-state index contributed by atoms with van der Waals surface area (Å²) in [7, 11) is 2.31. The Hall–Kier alpha value is -1.91. The number of rotatable bonds is 9. The highest BCUT2D eigenvalue weighted by molar-refractivity contribution is 8.00. The zero-order valence-corrected chi connectivity index (χ0v) is 22.2. The third kappa shape index (κ3) is 6.20. The molecule has 0 radical (unpaired) electrons. The SMILES string of the molecule is CN(C)CCN(C)Cc1ccc(-c2ccc(S(=O)(=O)N3CCSC(C)(C)C3C(=O)O)cc2)cc1. The maximum absolute atomic E-state index is 13.3. The van der Waals surface area contributed by atoms with Gasteiger partial charge in [0, 0.05) is 36.7 Å². The van der Waals surface area contributed by atoms with Crippen molar-refractivity contribution in [3.63, 3.8) is 0 Å². The first-order valence-electron chi connectivity index (χ1n) is 11.3. The van der Waals surface area contributed by atoms with Gasteiger partial charge in [-0.3, -0.25) is 4.79 Å². The number of hydrogen-bond acceptors (Lipinski definition) is 6. The molecule has 9 heteroatoms. The van der Waals surface area contributed by atoms with E-state index in [9.17, 15) is 18.3 Å². The van der Waals surface area contributed by atoms with E-state index in [1.807, 2.05) is 12.1 Å². The summed E-state index contributed by atoms with van der Waals surface area (Å²) in [5.41, 5.74) is 3.13. The van der Waals surface area contributed by atoms with Crippen molar-refractivity contribution in [1.29, 1.82) is 0 Å². The molecule has 0 saturated carbocycles. The van der Waals surface area contributed by atoms with Crippen molar-refractivity contribution in [3.05, 3.63) is 54.1 Å². The molecule has 0 amide bonds. The van der Waals surface area contributed by atoms with E-state index in [0.29, 0.717) is 5.75 Å². The highest BCUT2D eigenvalue weighted by Gasteiger charge is 2.48. The number of carboxylic acids is 1. The van der Waals surface area contributed by atoms with Gasteiger partial charge in [0.2, 0.25) is 10.0 Å². The van der Waals surface area contributed by atoms with Crippen molar-refractivity contribution in [1.82, 2.24) is 14.1 Å². The standard InChI is InChI=1S/C25H35N3O4S2/c1-25(2)23(24(29)30)28(16-17-33-25)34(31,32)22-12-10-21(11-13-22)20-8-6-19(7-9-20)18-27(5)15-14-26(3)4/h6-13,23H,14-18H2,1-5H3,(H,29,30). The van der Waals surface area contributed by atoms with Crippen molar-refractivity contribution >= 4 is 27.8 Å². The second kappa shape index (κ2) is 10.8. The minimum Gasteiger partial charge on any atom is -0.480 e. The van der Waals surface area contributed by atoms with Crippen LogP contribution in [0.1, 0.15) is 19.4 Å². The minimum absolute atomic E-state index is 0.115. The topological polar surface area (TPSA) is 81.2 Å². The average Bonchev–Trinajstić information content (AvgIpc) is 2.77. The summed E-state index contributed by atoms with van der Waals surface area (Å²) >= 11 is 1.49. The van der Waals surface area contributed by atoms with Crippen LogP contribution in [0.5, 0.6) is 0 Å². The molecule has 3 rings (SSSR count). The minimum atomic E-state index is -3.93. The van der Waals surface area contributed by atoms with E-state index in [-0.39, 0.29) is 11.4 Å². The van der Waals surface area contributed by atoms with Crippen LogP contribution >= 0.6 is 11.8 Å². The van der Waals surface area contributed by atoms with Gasteiger partial charge >= 0.3 is 5.97 Å². The molecule has 1 saturated heterocycles. The van der Waals surface area contributed by atoms with Crippen LogP contribution in [0.15, 0.2) is 53.4 Å². The Morgan fingerprint density at radius 1 is 1.03 bits per heavy atom. The van der Waals surface area contributed by atoms with Gasteiger partial charge in [0.1, 0.15) is 6.04 Å². The number of sulfonamides is 1. The molecule has 2 aromatic carbocycles. The van der Waals surface area contributed by atoms with E-state index in [4.69, 9.17) is 0 Å². The maximum Gasteiger partial charge on any atom is 0.323 e. The lowest BCUT2D eigenvalue weighted by Crippen LogP contribution is -2.58. The molecule has 1 unspecified atom stereocenters. The van der Waals surface area contributed by atoms with Crippen LogP contribution in [-0.2, 0) is 21.4 Å². The fourth-order valence-corrected chi connectivity index (χ4v) is 7.25. The van der Waals surface area contributed by atoms with E-state index in [1.54, 1.807) is 38.1 Å². The Kier molecular flexibility index (Phi) is 8.47. The Morgan fingerprint density at radius 3 is 2.12 bits per heavy atom. The van der Waals surface area contributed by atoms with Crippen LogP contribution in [0, 0.1) is 0 Å². The lowest BCUT2D eigenvalue weighted by Gasteiger charge is -2.42. The summed E-state index contributed by atoms with van der Waals surface area (Å²) in [4.78, 5) is 16.5. The molecule has 0 aliphatic carbocycles. The van der Waals surface area contributed by atoms with Crippen molar-refractivity contribution in [3.8, 4) is 11.1 Å². The predicted molar refractivity (Wildman–Crippen MR) is 139 cm³/mol. The summed E-state index contributed by atoms with van der Waals surface area (Å²) in [6, 6.07) is 13.9. The molecule has 0 bridgehead atoms. The van der Waals surface area contributed by atoms with Crippen LogP contribution < -0.4 is 0 Å². The maximum atomic E-state index is 13.3. The van der Waals surface area contributed by atoms with Crippen molar-refractivity contribution in [2.45, 2.75) is 36.1 Å². The lowest BCUT2D eigenvalue weighted by molar-refractivity contribution is -0.142. The molecular weight excluding hydrogens is 470 g/mol. The normalized spacial score (nSPS) is 19.0. The van der Waals surface area contributed by atoms with Gasteiger partial charge in [-0.15, -0.1) is 0 Å². The molecule has 1 atom stereocenters. The molecule has 2 aromatic rings. The Balaban J connectivity index is 1.75. The highest BCUT2D eigenvalue weighted by Crippen LogP contribution is 2.38. The zero-order valence-electron chi connectivity index (χ0n) is 20.6. The van der Waals surface area contributed by atoms with Crippen LogP contribution in [0.3, 0.4) is 0 Å². The van der Waals surface area contributed by atoms with Crippen LogP contribution in [0.25, 0.3) is 11.1 Å². The van der Waals surface area contributed by atoms with Gasteiger partial charge in [-0.2, -0.15) is 16.1 Å². The van der Waals surface area contributed by atoms with Crippen molar-refractivity contribution in [2.75, 3.05) is 46.5 Å². The summed E-state index contributed by atoms with van der Waals surface area (Å²) in [6.07, 6.45) is 0. The summed E-state index contributed by atoms with van der Waals surface area (Å²) < 4.78 is 27.1. The van der Waals surface area contributed by atoms with Gasteiger partial charge in [0.15, 0.2) is 0 Å². The molecule has 186 valence electrons. The highest BCUT2D eigenvalue weighted by atomic mass is 32.2. The third-order valence-corrected chi connectivity index (χ3v) is 9.33. The second-order valence-corrected chi connectivity index (χ2v) is 13.2.